The maximum atomic E-state index is 14.4. The van der Waals surface area contributed by atoms with E-state index in [1.54, 1.807) is 6.07 Å². The number of hydrazone groups is 1. The van der Waals surface area contributed by atoms with Crippen LogP contribution in [0.1, 0.15) is 41.2 Å². The second-order valence-corrected chi connectivity index (χ2v) is 10.1. The number of benzene rings is 4. The average molecular weight is 507 g/mol. The lowest BCUT2D eigenvalue weighted by molar-refractivity contribution is -0.137. The van der Waals surface area contributed by atoms with Gasteiger partial charge in [-0.3, -0.25) is 9.80 Å². The minimum atomic E-state index is -0.836. The fourth-order valence-corrected chi connectivity index (χ4v) is 5.20. The number of hydrogen-bond donors (Lipinski definition) is 1. The molecule has 38 heavy (non-hydrogen) atoms. The van der Waals surface area contributed by atoms with Gasteiger partial charge < -0.3 is 5.11 Å². The van der Waals surface area contributed by atoms with Gasteiger partial charge in [0, 0.05) is 11.5 Å². The molecule has 2 unspecified atom stereocenters. The van der Waals surface area contributed by atoms with Crippen LogP contribution in [-0.2, 0) is 11.2 Å². The fraction of sp³-hybridized carbons (Fsp3) is 0.212. The first-order valence-electron chi connectivity index (χ1n) is 12.9. The molecule has 0 spiro atoms. The lowest BCUT2D eigenvalue weighted by atomic mass is 9.91. The number of halogens is 1. The van der Waals surface area contributed by atoms with E-state index in [2.05, 4.69) is 25.1 Å². The highest BCUT2D eigenvalue weighted by molar-refractivity contribution is 6.05. The Hall–Kier alpha value is -4.25. The van der Waals surface area contributed by atoms with Crippen molar-refractivity contribution < 1.29 is 14.3 Å². The molecular formula is C33H31FN2O2. The van der Waals surface area contributed by atoms with Crippen LogP contribution in [0.15, 0.2) is 96.1 Å². The van der Waals surface area contributed by atoms with Gasteiger partial charge in [0.1, 0.15) is 5.82 Å². The van der Waals surface area contributed by atoms with Crippen molar-refractivity contribution in [3.8, 4) is 11.1 Å². The molecule has 0 saturated heterocycles. The predicted octanol–water partition coefficient (Wildman–Crippen LogP) is 7.40. The van der Waals surface area contributed by atoms with Crippen LogP contribution >= 0.6 is 0 Å². The van der Waals surface area contributed by atoms with E-state index in [1.807, 2.05) is 79.5 Å². The number of hydrogen-bond acceptors (Lipinski definition) is 3. The number of rotatable bonds is 7. The van der Waals surface area contributed by atoms with Gasteiger partial charge in [0.25, 0.3) is 0 Å². The summed E-state index contributed by atoms with van der Waals surface area (Å²) in [6.45, 7) is 6.07. The highest BCUT2D eigenvalue weighted by atomic mass is 19.1. The molecule has 1 heterocycles. The van der Waals surface area contributed by atoms with Crippen LogP contribution in [0.3, 0.4) is 0 Å². The first-order valence-corrected chi connectivity index (χ1v) is 12.9. The van der Waals surface area contributed by atoms with Crippen molar-refractivity contribution in [1.29, 1.82) is 0 Å². The standard InChI is InChI=1S/C33H31FN2O2/c1-21-9-16-30(34)29(17-21)27-13-12-26(22(2)18-27)19-24-10-14-28(15-11-24)36-31(20-32(37)38)23(3)33(35-36)25-7-5-4-6-8-25/h4-18,23,31H,19-20H2,1-3H3,(H,37,38). The highest BCUT2D eigenvalue weighted by Crippen LogP contribution is 2.33. The molecule has 4 nitrogen and oxygen atoms in total. The van der Waals surface area contributed by atoms with E-state index in [1.165, 1.54) is 11.6 Å². The van der Waals surface area contributed by atoms with Crippen LogP contribution in [0, 0.1) is 25.6 Å². The molecule has 0 bridgehead atoms. The number of nitrogens with zero attached hydrogens (tertiary/aromatic N) is 2. The number of aryl methyl sites for hydroxylation is 2. The lowest BCUT2D eigenvalue weighted by Gasteiger charge is -2.25. The summed E-state index contributed by atoms with van der Waals surface area (Å²) >= 11 is 0. The topological polar surface area (TPSA) is 52.9 Å². The summed E-state index contributed by atoms with van der Waals surface area (Å²) in [5.41, 5.74) is 8.75. The SMILES string of the molecule is Cc1ccc(F)c(-c2ccc(Cc3ccc(N4N=C(c5ccccc5)C(C)C4CC(=O)O)cc3)c(C)c2)c1. The van der Waals surface area contributed by atoms with Crippen LogP contribution < -0.4 is 5.01 Å². The molecule has 1 N–H and O–H groups in total. The summed E-state index contributed by atoms with van der Waals surface area (Å²) < 4.78 is 14.4. The van der Waals surface area contributed by atoms with Gasteiger partial charge in [0.2, 0.25) is 0 Å². The summed E-state index contributed by atoms with van der Waals surface area (Å²) in [4.78, 5) is 11.7. The molecule has 0 amide bonds. The maximum absolute atomic E-state index is 14.4. The van der Waals surface area contributed by atoms with E-state index in [0.29, 0.717) is 5.56 Å². The van der Waals surface area contributed by atoms with Gasteiger partial charge >= 0.3 is 5.97 Å². The van der Waals surface area contributed by atoms with E-state index in [9.17, 15) is 14.3 Å². The number of carboxylic acid groups (broad SMARTS) is 1. The average Bonchev–Trinajstić information content (AvgIpc) is 3.23. The van der Waals surface area contributed by atoms with Crippen molar-refractivity contribution in [2.24, 2.45) is 11.0 Å². The van der Waals surface area contributed by atoms with E-state index in [4.69, 9.17) is 5.10 Å². The summed E-state index contributed by atoms with van der Waals surface area (Å²) in [6.07, 6.45) is 0.756. The highest BCUT2D eigenvalue weighted by Gasteiger charge is 2.37. The third-order valence-corrected chi connectivity index (χ3v) is 7.36. The Morgan fingerprint density at radius 1 is 0.921 bits per heavy atom. The quantitative estimate of drug-likeness (QED) is 0.284. The summed E-state index contributed by atoms with van der Waals surface area (Å²) in [5, 5.41) is 16.3. The Labute approximate surface area is 223 Å². The third kappa shape index (κ3) is 5.23. The molecule has 5 heteroatoms. The Morgan fingerprint density at radius 3 is 2.34 bits per heavy atom. The summed E-state index contributed by atoms with van der Waals surface area (Å²) in [7, 11) is 0. The molecular weight excluding hydrogens is 475 g/mol. The van der Waals surface area contributed by atoms with Gasteiger partial charge in [0.05, 0.1) is 23.9 Å². The lowest BCUT2D eigenvalue weighted by Crippen LogP contribution is -2.34. The molecule has 5 rings (SSSR count). The summed E-state index contributed by atoms with van der Waals surface area (Å²) in [6, 6.07) is 29.1. The molecule has 0 aliphatic carbocycles. The number of anilines is 1. The smallest absolute Gasteiger partial charge is 0.305 e. The van der Waals surface area contributed by atoms with Crippen LogP contribution in [0.2, 0.25) is 0 Å². The molecule has 192 valence electrons. The molecule has 1 aliphatic rings. The molecule has 0 saturated carbocycles. The van der Waals surface area contributed by atoms with Crippen molar-refractivity contribution in [3.63, 3.8) is 0 Å². The molecule has 1 aliphatic heterocycles. The molecule has 4 aromatic rings. The summed E-state index contributed by atoms with van der Waals surface area (Å²) in [5.74, 6) is -1.07. The minimum Gasteiger partial charge on any atom is -0.481 e. The van der Waals surface area contributed by atoms with Crippen molar-refractivity contribution in [2.45, 2.75) is 39.7 Å². The van der Waals surface area contributed by atoms with E-state index < -0.39 is 5.97 Å². The van der Waals surface area contributed by atoms with Crippen molar-refractivity contribution >= 4 is 17.4 Å². The molecule has 0 radical (unpaired) electrons. The van der Waals surface area contributed by atoms with Gasteiger partial charge in [-0.05, 0) is 72.4 Å². The fourth-order valence-electron chi connectivity index (χ4n) is 5.20. The zero-order chi connectivity index (χ0) is 26.8. The van der Waals surface area contributed by atoms with E-state index in [-0.39, 0.29) is 24.2 Å². The maximum Gasteiger partial charge on any atom is 0.305 e. The second kappa shape index (κ2) is 10.6. The van der Waals surface area contributed by atoms with Crippen LogP contribution in [0.25, 0.3) is 11.1 Å². The van der Waals surface area contributed by atoms with Gasteiger partial charge in [0.15, 0.2) is 0 Å². The first-order chi connectivity index (χ1) is 18.3. The van der Waals surface area contributed by atoms with Crippen LogP contribution in [-0.4, -0.2) is 22.8 Å². The molecule has 4 aromatic carbocycles. The van der Waals surface area contributed by atoms with E-state index in [0.717, 1.165) is 45.6 Å². The van der Waals surface area contributed by atoms with Gasteiger partial charge in [-0.25, -0.2) is 4.39 Å². The Balaban J connectivity index is 1.38. The van der Waals surface area contributed by atoms with Gasteiger partial charge in [-0.15, -0.1) is 0 Å². The number of carbonyl (C=O) groups is 1. The third-order valence-electron chi connectivity index (χ3n) is 7.36. The monoisotopic (exact) mass is 506 g/mol. The Kier molecular flexibility index (Phi) is 7.10. The Bertz CT molecular complexity index is 1500. The van der Waals surface area contributed by atoms with Crippen LogP contribution in [0.5, 0.6) is 0 Å². The number of carboxylic acids is 1. The van der Waals surface area contributed by atoms with Crippen molar-refractivity contribution in [1.82, 2.24) is 0 Å². The first kappa shape index (κ1) is 25.4. The zero-order valence-corrected chi connectivity index (χ0v) is 21.9. The van der Waals surface area contributed by atoms with E-state index >= 15 is 0 Å². The Morgan fingerprint density at radius 2 is 1.66 bits per heavy atom. The zero-order valence-electron chi connectivity index (χ0n) is 21.9. The second-order valence-electron chi connectivity index (χ2n) is 10.1. The number of aliphatic carboxylic acids is 1. The molecule has 0 aromatic heterocycles. The van der Waals surface area contributed by atoms with Gasteiger partial charge in [-0.1, -0.05) is 79.2 Å². The largest absolute Gasteiger partial charge is 0.481 e. The minimum absolute atomic E-state index is 0.00975. The van der Waals surface area contributed by atoms with Crippen molar-refractivity contribution in [3.05, 3.63) is 125 Å². The molecule has 2 atom stereocenters. The molecule has 0 fully saturated rings. The predicted molar refractivity (Wildman–Crippen MR) is 151 cm³/mol. The van der Waals surface area contributed by atoms with Crippen LogP contribution in [0.4, 0.5) is 10.1 Å². The van der Waals surface area contributed by atoms with Crippen molar-refractivity contribution in [2.75, 3.05) is 5.01 Å². The van der Waals surface area contributed by atoms with Gasteiger partial charge in [-0.2, -0.15) is 5.10 Å². The normalized spacial score (nSPS) is 16.9.